The van der Waals surface area contributed by atoms with Crippen LogP contribution in [0.25, 0.3) is 0 Å². The predicted octanol–water partition coefficient (Wildman–Crippen LogP) is 1.85. The Morgan fingerprint density at radius 1 is 1.33 bits per heavy atom. The van der Waals surface area contributed by atoms with Crippen LogP contribution in [0.5, 0.6) is 0 Å². The van der Waals surface area contributed by atoms with E-state index in [9.17, 15) is 0 Å². The van der Waals surface area contributed by atoms with Crippen LogP contribution in [0.4, 0.5) is 0 Å². The molecular weight excluding hydrogens is 148 g/mol. The van der Waals surface area contributed by atoms with Crippen molar-refractivity contribution in [2.24, 2.45) is 5.73 Å². The van der Waals surface area contributed by atoms with E-state index in [2.05, 4.69) is 25.8 Å². The molecule has 0 fully saturated rings. The van der Waals surface area contributed by atoms with E-state index in [1.54, 1.807) is 0 Å². The van der Waals surface area contributed by atoms with E-state index in [1.165, 1.54) is 25.7 Å². The minimum Gasteiger partial charge on any atom is -0.329 e. The molecule has 0 spiro atoms. The van der Waals surface area contributed by atoms with Crippen molar-refractivity contribution < 1.29 is 0 Å². The molecule has 2 nitrogen and oxygen atoms in total. The Morgan fingerprint density at radius 3 is 2.50 bits per heavy atom. The highest BCUT2D eigenvalue weighted by Gasteiger charge is 2.06. The van der Waals surface area contributed by atoms with Gasteiger partial charge in [-0.15, -0.1) is 0 Å². The molecule has 0 aromatic heterocycles. The molecule has 0 radical (unpaired) electrons. The monoisotopic (exact) mass is 172 g/mol. The molecule has 0 aliphatic carbocycles. The lowest BCUT2D eigenvalue weighted by Crippen LogP contribution is -2.33. The lowest BCUT2D eigenvalue weighted by atomic mass is 10.1. The van der Waals surface area contributed by atoms with E-state index in [0.717, 1.165) is 13.1 Å². The molecule has 12 heavy (non-hydrogen) atoms. The van der Waals surface area contributed by atoms with Crippen LogP contribution < -0.4 is 5.73 Å². The molecule has 0 amide bonds. The summed E-state index contributed by atoms with van der Waals surface area (Å²) in [4.78, 5) is 2.34. The normalized spacial score (nSPS) is 13.8. The van der Waals surface area contributed by atoms with E-state index >= 15 is 0 Å². The van der Waals surface area contributed by atoms with Gasteiger partial charge in [-0.2, -0.15) is 0 Å². The van der Waals surface area contributed by atoms with Crippen LogP contribution in [0, 0.1) is 0 Å². The average Bonchev–Trinajstić information content (AvgIpc) is 2.05. The Balaban J connectivity index is 3.35. The van der Waals surface area contributed by atoms with Crippen molar-refractivity contribution in [1.82, 2.24) is 4.90 Å². The van der Waals surface area contributed by atoms with E-state index in [-0.39, 0.29) is 0 Å². The predicted molar refractivity (Wildman–Crippen MR) is 55.3 cm³/mol. The number of nitrogens with zero attached hydrogens (tertiary/aromatic N) is 1. The number of hydrogen-bond acceptors (Lipinski definition) is 2. The summed E-state index contributed by atoms with van der Waals surface area (Å²) in [6.07, 6.45) is 5.34. The van der Waals surface area contributed by atoms with Gasteiger partial charge in [-0.3, -0.25) is 0 Å². The Bertz CT molecular complexity index is 93.8. The maximum Gasteiger partial charge on any atom is 0.0104 e. The molecule has 2 N–H and O–H groups in total. The summed E-state index contributed by atoms with van der Waals surface area (Å²) in [5.74, 6) is 0. The first-order valence-corrected chi connectivity index (χ1v) is 5.12. The maximum atomic E-state index is 5.48. The van der Waals surface area contributed by atoms with Crippen LogP contribution in [0.2, 0.25) is 0 Å². The highest BCUT2D eigenvalue weighted by Crippen LogP contribution is 2.07. The molecule has 74 valence electrons. The third kappa shape index (κ3) is 5.56. The molecule has 0 saturated heterocycles. The van der Waals surface area contributed by atoms with Crippen molar-refractivity contribution in [1.29, 1.82) is 0 Å². The maximum absolute atomic E-state index is 5.48. The van der Waals surface area contributed by atoms with Gasteiger partial charge in [0.25, 0.3) is 0 Å². The Morgan fingerprint density at radius 2 is 2.00 bits per heavy atom. The van der Waals surface area contributed by atoms with Gasteiger partial charge in [0.15, 0.2) is 0 Å². The zero-order valence-corrected chi connectivity index (χ0v) is 8.84. The van der Waals surface area contributed by atoms with Crippen molar-refractivity contribution in [3.63, 3.8) is 0 Å². The molecule has 0 saturated carbocycles. The van der Waals surface area contributed by atoms with Crippen molar-refractivity contribution in [3.8, 4) is 0 Å². The van der Waals surface area contributed by atoms with E-state index in [1.807, 2.05) is 0 Å². The van der Waals surface area contributed by atoms with Crippen LogP contribution in [0.1, 0.15) is 39.5 Å². The highest BCUT2D eigenvalue weighted by molar-refractivity contribution is 4.63. The van der Waals surface area contributed by atoms with Gasteiger partial charge in [-0.05, 0) is 20.4 Å². The first-order chi connectivity index (χ1) is 5.72. The summed E-state index contributed by atoms with van der Waals surface area (Å²) in [5.41, 5.74) is 5.48. The van der Waals surface area contributed by atoms with Crippen LogP contribution in [-0.2, 0) is 0 Å². The minimum atomic E-state index is 0.695. The van der Waals surface area contributed by atoms with Gasteiger partial charge < -0.3 is 10.6 Å². The second kappa shape index (κ2) is 7.56. The molecule has 0 rings (SSSR count). The van der Waals surface area contributed by atoms with Crippen LogP contribution >= 0.6 is 0 Å². The highest BCUT2D eigenvalue weighted by atomic mass is 15.1. The van der Waals surface area contributed by atoms with Crippen LogP contribution in [-0.4, -0.2) is 31.1 Å². The topological polar surface area (TPSA) is 29.3 Å². The van der Waals surface area contributed by atoms with Gasteiger partial charge in [0.1, 0.15) is 0 Å². The van der Waals surface area contributed by atoms with Crippen molar-refractivity contribution in [3.05, 3.63) is 0 Å². The third-order valence-corrected chi connectivity index (χ3v) is 2.46. The molecule has 0 bridgehead atoms. The Hall–Kier alpha value is -0.0800. The van der Waals surface area contributed by atoms with E-state index in [0.29, 0.717) is 6.04 Å². The minimum absolute atomic E-state index is 0.695. The molecule has 1 atom stereocenters. The van der Waals surface area contributed by atoms with Crippen molar-refractivity contribution in [2.45, 2.75) is 45.6 Å². The molecule has 1 unspecified atom stereocenters. The standard InChI is InChI=1S/C10H24N2/c1-4-5-6-7-10(2)12(3)9-8-11/h10H,4-9,11H2,1-3H3. The third-order valence-electron chi connectivity index (χ3n) is 2.46. The molecule has 0 heterocycles. The fraction of sp³-hybridized carbons (Fsp3) is 1.00. The quantitative estimate of drug-likeness (QED) is 0.594. The van der Waals surface area contributed by atoms with Crippen molar-refractivity contribution >= 4 is 0 Å². The number of rotatable bonds is 7. The van der Waals surface area contributed by atoms with Gasteiger partial charge in [0.05, 0.1) is 0 Å². The van der Waals surface area contributed by atoms with Crippen LogP contribution in [0.3, 0.4) is 0 Å². The second-order valence-corrected chi connectivity index (χ2v) is 3.61. The summed E-state index contributed by atoms with van der Waals surface area (Å²) < 4.78 is 0. The van der Waals surface area contributed by atoms with Crippen LogP contribution in [0.15, 0.2) is 0 Å². The number of likely N-dealkylation sites (N-methyl/N-ethyl adjacent to an activating group) is 1. The fourth-order valence-corrected chi connectivity index (χ4v) is 1.33. The first kappa shape index (κ1) is 11.9. The van der Waals surface area contributed by atoms with Gasteiger partial charge in [-0.1, -0.05) is 26.2 Å². The molecule has 0 aliphatic rings. The summed E-state index contributed by atoms with van der Waals surface area (Å²) in [6, 6.07) is 0.695. The molecule has 0 aromatic rings. The Labute approximate surface area is 77.1 Å². The summed E-state index contributed by atoms with van der Waals surface area (Å²) in [5, 5.41) is 0. The Kier molecular flexibility index (Phi) is 7.51. The van der Waals surface area contributed by atoms with E-state index in [4.69, 9.17) is 5.73 Å². The van der Waals surface area contributed by atoms with Gasteiger partial charge in [-0.25, -0.2) is 0 Å². The summed E-state index contributed by atoms with van der Waals surface area (Å²) >= 11 is 0. The number of nitrogens with two attached hydrogens (primary N) is 1. The lowest BCUT2D eigenvalue weighted by molar-refractivity contribution is 0.248. The second-order valence-electron chi connectivity index (χ2n) is 3.61. The zero-order valence-electron chi connectivity index (χ0n) is 8.84. The summed E-state index contributed by atoms with van der Waals surface area (Å²) in [6.45, 7) is 6.32. The average molecular weight is 172 g/mol. The summed E-state index contributed by atoms with van der Waals surface area (Å²) in [7, 11) is 2.16. The van der Waals surface area contributed by atoms with Gasteiger partial charge >= 0.3 is 0 Å². The molecule has 2 heteroatoms. The smallest absolute Gasteiger partial charge is 0.0104 e. The number of hydrogen-bond donors (Lipinski definition) is 1. The molecule has 0 aromatic carbocycles. The largest absolute Gasteiger partial charge is 0.329 e. The lowest BCUT2D eigenvalue weighted by Gasteiger charge is -2.23. The van der Waals surface area contributed by atoms with Gasteiger partial charge in [0, 0.05) is 19.1 Å². The van der Waals surface area contributed by atoms with Crippen molar-refractivity contribution in [2.75, 3.05) is 20.1 Å². The zero-order chi connectivity index (χ0) is 9.40. The number of unbranched alkanes of at least 4 members (excludes halogenated alkanes) is 2. The molecule has 0 aliphatic heterocycles. The first-order valence-electron chi connectivity index (χ1n) is 5.12. The molecular formula is C10H24N2. The SMILES string of the molecule is CCCCCC(C)N(C)CCN. The van der Waals surface area contributed by atoms with E-state index < -0.39 is 0 Å². The fourth-order valence-electron chi connectivity index (χ4n) is 1.33. The van der Waals surface area contributed by atoms with Gasteiger partial charge in [0.2, 0.25) is 0 Å².